The van der Waals surface area contributed by atoms with E-state index in [4.69, 9.17) is 4.42 Å². The molecule has 4 aromatic rings. The van der Waals surface area contributed by atoms with Crippen molar-refractivity contribution in [3.63, 3.8) is 0 Å². The Hall–Kier alpha value is -2.93. The third-order valence-corrected chi connectivity index (χ3v) is 4.56. The first-order valence-electron chi connectivity index (χ1n) is 8.06. The fourth-order valence-corrected chi connectivity index (χ4v) is 3.34. The molecule has 0 radical (unpaired) electrons. The van der Waals surface area contributed by atoms with Crippen molar-refractivity contribution in [2.45, 2.75) is 13.1 Å². The van der Waals surface area contributed by atoms with Crippen molar-refractivity contribution in [1.82, 2.24) is 20.1 Å². The standard InChI is InChI=1S/C19H15BrN4O2/c20-14-5-3-4-13(8-14)9-21-18(25)11-24-10-16(19-23-22-12-26-19)15-6-1-2-7-17(15)24/h1-8,10,12H,9,11H2,(H,21,25). The zero-order valence-electron chi connectivity index (χ0n) is 13.7. The van der Waals surface area contributed by atoms with Gasteiger partial charge in [0, 0.05) is 28.1 Å². The number of halogens is 1. The number of amides is 1. The van der Waals surface area contributed by atoms with E-state index in [1.807, 2.05) is 59.3 Å². The molecule has 0 atom stereocenters. The molecule has 1 N–H and O–H groups in total. The molecule has 0 aliphatic rings. The molecule has 2 aromatic carbocycles. The Morgan fingerprint density at radius 3 is 2.88 bits per heavy atom. The quantitative estimate of drug-likeness (QED) is 0.543. The van der Waals surface area contributed by atoms with E-state index in [1.54, 1.807) is 0 Å². The van der Waals surface area contributed by atoms with Crippen molar-refractivity contribution in [3.05, 3.63) is 71.2 Å². The first kappa shape index (κ1) is 16.5. The lowest BCUT2D eigenvalue weighted by Crippen LogP contribution is -2.26. The third kappa shape index (κ3) is 3.39. The van der Waals surface area contributed by atoms with Gasteiger partial charge in [0.05, 0.1) is 5.56 Å². The van der Waals surface area contributed by atoms with Gasteiger partial charge in [0.1, 0.15) is 6.54 Å². The number of hydrogen-bond acceptors (Lipinski definition) is 4. The first-order chi connectivity index (χ1) is 12.7. The molecule has 0 saturated heterocycles. The number of hydrogen-bond donors (Lipinski definition) is 1. The number of carbonyl (C=O) groups is 1. The van der Waals surface area contributed by atoms with Crippen LogP contribution in [0.3, 0.4) is 0 Å². The summed E-state index contributed by atoms with van der Waals surface area (Å²) in [6, 6.07) is 15.7. The lowest BCUT2D eigenvalue weighted by atomic mass is 10.2. The van der Waals surface area contributed by atoms with Crippen LogP contribution in [0.15, 0.2) is 70.0 Å². The van der Waals surface area contributed by atoms with E-state index in [0.717, 1.165) is 26.5 Å². The number of nitrogens with zero attached hydrogens (tertiary/aromatic N) is 3. The largest absolute Gasteiger partial charge is 0.423 e. The lowest BCUT2D eigenvalue weighted by molar-refractivity contribution is -0.121. The van der Waals surface area contributed by atoms with Gasteiger partial charge >= 0.3 is 0 Å². The number of rotatable bonds is 5. The van der Waals surface area contributed by atoms with Crippen LogP contribution in [0.2, 0.25) is 0 Å². The summed E-state index contributed by atoms with van der Waals surface area (Å²) < 4.78 is 8.21. The fraction of sp³-hybridized carbons (Fsp3) is 0.105. The second-order valence-electron chi connectivity index (χ2n) is 5.84. The average Bonchev–Trinajstić information content (AvgIpc) is 3.29. The van der Waals surface area contributed by atoms with Crippen molar-refractivity contribution >= 4 is 32.7 Å². The molecule has 0 saturated carbocycles. The summed E-state index contributed by atoms with van der Waals surface area (Å²) in [6.45, 7) is 0.691. The number of carbonyl (C=O) groups excluding carboxylic acids is 1. The number of fused-ring (bicyclic) bond motifs is 1. The molecule has 0 aliphatic carbocycles. The zero-order valence-corrected chi connectivity index (χ0v) is 15.3. The molecule has 26 heavy (non-hydrogen) atoms. The Kier molecular flexibility index (Phi) is 4.53. The van der Waals surface area contributed by atoms with Crippen molar-refractivity contribution < 1.29 is 9.21 Å². The van der Waals surface area contributed by atoms with Gasteiger partial charge in [0.15, 0.2) is 0 Å². The van der Waals surface area contributed by atoms with Crippen LogP contribution in [0.25, 0.3) is 22.4 Å². The van der Waals surface area contributed by atoms with Gasteiger partial charge in [-0.2, -0.15) is 0 Å². The van der Waals surface area contributed by atoms with E-state index in [9.17, 15) is 4.79 Å². The monoisotopic (exact) mass is 410 g/mol. The van der Waals surface area contributed by atoms with Crippen LogP contribution in [0.1, 0.15) is 5.56 Å². The van der Waals surface area contributed by atoms with Crippen LogP contribution in [0.4, 0.5) is 0 Å². The molecule has 2 heterocycles. The molecule has 2 aromatic heterocycles. The predicted octanol–water partition coefficient (Wildman–Crippen LogP) is 3.77. The Balaban J connectivity index is 1.54. The minimum absolute atomic E-state index is 0.0668. The molecule has 130 valence electrons. The van der Waals surface area contributed by atoms with Crippen LogP contribution in [0.5, 0.6) is 0 Å². The third-order valence-electron chi connectivity index (χ3n) is 4.07. The summed E-state index contributed by atoms with van der Waals surface area (Å²) in [5.74, 6) is 0.373. The predicted molar refractivity (Wildman–Crippen MR) is 101 cm³/mol. The van der Waals surface area contributed by atoms with Crippen LogP contribution >= 0.6 is 15.9 Å². The number of para-hydroxylation sites is 1. The second-order valence-corrected chi connectivity index (χ2v) is 6.75. The van der Waals surface area contributed by atoms with Gasteiger partial charge in [0.2, 0.25) is 18.2 Å². The van der Waals surface area contributed by atoms with Gasteiger partial charge in [-0.1, -0.05) is 46.3 Å². The summed E-state index contributed by atoms with van der Waals surface area (Å²) in [5.41, 5.74) is 2.80. The fourth-order valence-electron chi connectivity index (χ4n) is 2.90. The van der Waals surface area contributed by atoms with Crippen molar-refractivity contribution in [2.24, 2.45) is 0 Å². The molecule has 4 rings (SSSR count). The second kappa shape index (κ2) is 7.13. The van der Waals surface area contributed by atoms with Gasteiger partial charge in [-0.3, -0.25) is 4.79 Å². The minimum Gasteiger partial charge on any atom is -0.423 e. The maximum Gasteiger partial charge on any atom is 0.249 e. The van der Waals surface area contributed by atoms with E-state index >= 15 is 0 Å². The van der Waals surface area contributed by atoms with Gasteiger partial charge in [0.25, 0.3) is 0 Å². The Morgan fingerprint density at radius 1 is 1.19 bits per heavy atom. The summed E-state index contributed by atoms with van der Waals surface area (Å²) in [6.07, 6.45) is 3.17. The van der Waals surface area contributed by atoms with Gasteiger partial charge in [-0.25, -0.2) is 0 Å². The van der Waals surface area contributed by atoms with Gasteiger partial charge < -0.3 is 14.3 Å². The van der Waals surface area contributed by atoms with E-state index in [2.05, 4.69) is 31.4 Å². The molecule has 0 fully saturated rings. The number of aromatic nitrogens is 3. The Labute approximate surface area is 158 Å². The zero-order chi connectivity index (χ0) is 17.9. The lowest BCUT2D eigenvalue weighted by Gasteiger charge is -2.08. The molecule has 0 unspecified atom stereocenters. The van der Waals surface area contributed by atoms with Gasteiger partial charge in [-0.15, -0.1) is 10.2 Å². The number of nitrogens with one attached hydrogen (secondary N) is 1. The molecule has 1 amide bonds. The van der Waals surface area contributed by atoms with Gasteiger partial charge in [-0.05, 0) is 23.8 Å². The molecular formula is C19H15BrN4O2. The smallest absolute Gasteiger partial charge is 0.249 e. The Morgan fingerprint density at radius 2 is 2.08 bits per heavy atom. The highest BCUT2D eigenvalue weighted by atomic mass is 79.9. The number of benzene rings is 2. The molecule has 0 aliphatic heterocycles. The van der Waals surface area contributed by atoms with Crippen molar-refractivity contribution in [1.29, 1.82) is 0 Å². The highest BCUT2D eigenvalue weighted by Gasteiger charge is 2.15. The van der Waals surface area contributed by atoms with Crippen molar-refractivity contribution in [3.8, 4) is 11.5 Å². The maximum atomic E-state index is 12.4. The maximum absolute atomic E-state index is 12.4. The van der Waals surface area contributed by atoms with E-state index in [1.165, 1.54) is 6.39 Å². The SMILES string of the molecule is O=C(Cn1cc(-c2nnco2)c2ccccc21)NCc1cccc(Br)c1. The van der Waals surface area contributed by atoms with E-state index < -0.39 is 0 Å². The summed E-state index contributed by atoms with van der Waals surface area (Å²) in [5, 5.41) is 11.6. The summed E-state index contributed by atoms with van der Waals surface area (Å²) in [7, 11) is 0. The van der Waals surface area contributed by atoms with Crippen molar-refractivity contribution in [2.75, 3.05) is 0 Å². The highest BCUT2D eigenvalue weighted by molar-refractivity contribution is 9.10. The topological polar surface area (TPSA) is 73.0 Å². The Bertz CT molecular complexity index is 1060. The highest BCUT2D eigenvalue weighted by Crippen LogP contribution is 2.29. The molecule has 6 nitrogen and oxygen atoms in total. The minimum atomic E-state index is -0.0668. The summed E-state index contributed by atoms with van der Waals surface area (Å²) >= 11 is 3.43. The van der Waals surface area contributed by atoms with E-state index in [-0.39, 0.29) is 12.5 Å². The van der Waals surface area contributed by atoms with Crippen LogP contribution < -0.4 is 5.32 Å². The molecule has 0 spiro atoms. The first-order valence-corrected chi connectivity index (χ1v) is 8.85. The summed E-state index contributed by atoms with van der Waals surface area (Å²) in [4.78, 5) is 12.4. The van der Waals surface area contributed by atoms with Crippen LogP contribution in [-0.2, 0) is 17.9 Å². The average molecular weight is 411 g/mol. The molecule has 0 bridgehead atoms. The molecular weight excluding hydrogens is 396 g/mol. The van der Waals surface area contributed by atoms with E-state index in [0.29, 0.717) is 12.4 Å². The van der Waals surface area contributed by atoms with Crippen LogP contribution in [0, 0.1) is 0 Å². The molecule has 7 heteroatoms. The normalized spacial score (nSPS) is 11.0. The van der Waals surface area contributed by atoms with Crippen LogP contribution in [-0.4, -0.2) is 20.7 Å².